The highest BCUT2D eigenvalue weighted by atomic mass is 16.5. The monoisotopic (exact) mass is 426 g/mol. The van der Waals surface area contributed by atoms with Crippen LogP contribution in [0.2, 0.25) is 0 Å². The number of ether oxygens (including phenoxy) is 2. The summed E-state index contributed by atoms with van der Waals surface area (Å²) < 4.78 is 11.1. The lowest BCUT2D eigenvalue weighted by molar-refractivity contribution is -0.118. The molecule has 5 N–H and O–H groups in total. The van der Waals surface area contributed by atoms with Crippen molar-refractivity contribution in [2.24, 2.45) is 10.7 Å². The summed E-state index contributed by atoms with van der Waals surface area (Å²) >= 11 is 0. The van der Waals surface area contributed by atoms with E-state index in [9.17, 15) is 4.79 Å². The number of methoxy groups -OCH3 is 2. The molecule has 2 rings (SSSR count). The first kappa shape index (κ1) is 23.8. The van der Waals surface area contributed by atoms with E-state index < -0.39 is 12.6 Å². The minimum atomic E-state index is -0.612. The molecule has 31 heavy (non-hydrogen) atoms. The predicted octanol–water partition coefficient (Wildman–Crippen LogP) is 2.90. The highest BCUT2D eigenvalue weighted by Gasteiger charge is 2.18. The Morgan fingerprint density at radius 1 is 1.19 bits per heavy atom. The first-order valence-electron chi connectivity index (χ1n) is 9.84. The number of nitrogens with zero attached hydrogens (tertiary/aromatic N) is 1. The van der Waals surface area contributed by atoms with Crippen LogP contribution in [0.5, 0.6) is 11.5 Å². The van der Waals surface area contributed by atoms with Crippen molar-refractivity contribution >= 4 is 23.0 Å². The zero-order valence-electron chi connectivity index (χ0n) is 18.5. The maximum absolute atomic E-state index is 12.1. The quantitative estimate of drug-likeness (QED) is 0.278. The number of anilines is 1. The molecule has 0 aromatic heterocycles. The fourth-order valence-corrected chi connectivity index (χ4v) is 3.05. The first-order chi connectivity index (χ1) is 14.9. The van der Waals surface area contributed by atoms with E-state index in [4.69, 9.17) is 25.3 Å². The molecule has 0 bridgehead atoms. The molecule has 0 aliphatic rings. The summed E-state index contributed by atoms with van der Waals surface area (Å²) in [6.45, 7) is 3.63. The zero-order valence-corrected chi connectivity index (χ0v) is 18.5. The number of nitrogens with one attached hydrogen (secondary N) is 2. The fraction of sp³-hybridized carbons (Fsp3) is 0.304. The second-order valence-corrected chi connectivity index (χ2v) is 6.98. The van der Waals surface area contributed by atoms with Crippen molar-refractivity contribution in [2.45, 2.75) is 19.8 Å². The summed E-state index contributed by atoms with van der Waals surface area (Å²) in [7, 11) is 4.95. The van der Waals surface area contributed by atoms with E-state index in [0.717, 1.165) is 16.9 Å². The highest BCUT2D eigenvalue weighted by molar-refractivity contribution is 6.16. The number of rotatable bonds is 9. The largest absolute Gasteiger partial charge is 0.496 e. The molecule has 0 spiro atoms. The van der Waals surface area contributed by atoms with E-state index in [-0.39, 0.29) is 11.6 Å². The molecule has 0 unspecified atom stereocenters. The van der Waals surface area contributed by atoms with Gasteiger partial charge in [-0.15, -0.1) is 0 Å². The van der Waals surface area contributed by atoms with E-state index in [1.165, 1.54) is 6.08 Å². The van der Waals surface area contributed by atoms with Crippen LogP contribution in [0.3, 0.4) is 0 Å². The summed E-state index contributed by atoms with van der Waals surface area (Å²) in [5, 5.41) is 14.4. The molecule has 0 aliphatic carbocycles. The number of hydrogen-bond acceptors (Lipinski definition) is 7. The normalized spacial score (nSPS) is 12.0. The van der Waals surface area contributed by atoms with Gasteiger partial charge < -0.3 is 30.9 Å². The van der Waals surface area contributed by atoms with Crippen LogP contribution in [0.4, 0.5) is 11.4 Å². The number of nitrogens with two attached hydrogens (primary N) is 1. The van der Waals surface area contributed by atoms with Gasteiger partial charge in [-0.1, -0.05) is 19.9 Å². The standard InChI is InChI=1S/C23H30N4O4/c1-14(2)16-11-15(25-3)9-10-18(16)27-19(12-17(24)23(29)26-13-28)22-20(30-4)7-6-8-21(22)31-5/h6-12,14,25,28H,13,24H2,1-5H3,(H,26,29)/b17-12-,27-19?. The molecule has 2 aromatic carbocycles. The molecule has 0 saturated carbocycles. The second-order valence-electron chi connectivity index (χ2n) is 6.98. The molecule has 0 heterocycles. The van der Waals surface area contributed by atoms with Crippen LogP contribution >= 0.6 is 0 Å². The Morgan fingerprint density at radius 3 is 2.35 bits per heavy atom. The van der Waals surface area contributed by atoms with Crippen LogP contribution in [0.15, 0.2) is 53.2 Å². The highest BCUT2D eigenvalue weighted by Crippen LogP contribution is 2.34. The SMILES string of the molecule is CNc1ccc(N=C(/C=C(\N)C(=O)NCO)c2c(OC)cccc2OC)c(C(C)C)c1. The van der Waals surface area contributed by atoms with E-state index in [2.05, 4.69) is 24.5 Å². The summed E-state index contributed by atoms with van der Waals surface area (Å²) in [6, 6.07) is 11.2. The lowest BCUT2D eigenvalue weighted by Gasteiger charge is -2.16. The van der Waals surface area contributed by atoms with Crippen LogP contribution in [-0.4, -0.2) is 44.7 Å². The number of benzene rings is 2. The van der Waals surface area contributed by atoms with E-state index >= 15 is 0 Å². The van der Waals surface area contributed by atoms with Crippen molar-refractivity contribution in [3.8, 4) is 11.5 Å². The number of carbonyl (C=O) groups is 1. The number of carbonyl (C=O) groups excluding carboxylic acids is 1. The average Bonchev–Trinajstić information content (AvgIpc) is 2.78. The van der Waals surface area contributed by atoms with Gasteiger partial charge in [0.25, 0.3) is 5.91 Å². The molecule has 166 valence electrons. The van der Waals surface area contributed by atoms with E-state index in [1.807, 2.05) is 25.2 Å². The number of aliphatic hydroxyl groups excluding tert-OH is 1. The molecule has 0 radical (unpaired) electrons. The van der Waals surface area contributed by atoms with Crippen LogP contribution < -0.4 is 25.8 Å². The van der Waals surface area contributed by atoms with Gasteiger partial charge in [0.2, 0.25) is 0 Å². The third kappa shape index (κ3) is 5.76. The summed E-state index contributed by atoms with van der Waals surface area (Å²) in [5.41, 5.74) is 9.53. The minimum absolute atomic E-state index is 0.112. The molecule has 2 aromatic rings. The minimum Gasteiger partial charge on any atom is -0.496 e. The van der Waals surface area contributed by atoms with Crippen molar-refractivity contribution in [1.29, 1.82) is 0 Å². The van der Waals surface area contributed by atoms with Gasteiger partial charge >= 0.3 is 0 Å². The summed E-state index contributed by atoms with van der Waals surface area (Å²) in [4.78, 5) is 17.0. The van der Waals surface area contributed by atoms with Crippen molar-refractivity contribution in [1.82, 2.24) is 5.32 Å². The maximum Gasteiger partial charge on any atom is 0.268 e. The second kappa shape index (κ2) is 11.0. The Kier molecular flexibility index (Phi) is 8.45. The van der Waals surface area contributed by atoms with Crippen LogP contribution in [-0.2, 0) is 4.79 Å². The number of hydrogen-bond donors (Lipinski definition) is 4. The molecule has 0 aliphatic heterocycles. The van der Waals surface area contributed by atoms with Crippen molar-refractivity contribution in [3.05, 3.63) is 59.3 Å². The number of aliphatic hydroxyl groups is 1. The summed E-state index contributed by atoms with van der Waals surface area (Å²) in [5.74, 6) is 0.621. The Morgan fingerprint density at radius 2 is 1.84 bits per heavy atom. The molecule has 0 atom stereocenters. The molecule has 0 saturated heterocycles. The van der Waals surface area contributed by atoms with Crippen molar-refractivity contribution in [2.75, 3.05) is 33.3 Å². The van der Waals surface area contributed by atoms with Crippen molar-refractivity contribution in [3.63, 3.8) is 0 Å². The lowest BCUT2D eigenvalue weighted by Crippen LogP contribution is -2.29. The molecule has 8 heteroatoms. The number of allylic oxidation sites excluding steroid dienone is 1. The van der Waals surface area contributed by atoms with E-state index in [0.29, 0.717) is 22.8 Å². The predicted molar refractivity (Wildman–Crippen MR) is 123 cm³/mol. The lowest BCUT2D eigenvalue weighted by atomic mass is 9.99. The first-order valence-corrected chi connectivity index (χ1v) is 9.84. The smallest absolute Gasteiger partial charge is 0.268 e. The van der Waals surface area contributed by atoms with Crippen LogP contribution in [0.1, 0.15) is 30.9 Å². The summed E-state index contributed by atoms with van der Waals surface area (Å²) in [6.07, 6.45) is 1.45. The average molecular weight is 427 g/mol. The van der Waals surface area contributed by atoms with Crippen molar-refractivity contribution < 1.29 is 19.4 Å². The van der Waals surface area contributed by atoms with Gasteiger partial charge in [0.05, 0.1) is 36.9 Å². The molecule has 0 fully saturated rings. The number of amides is 1. The van der Waals surface area contributed by atoms with Gasteiger partial charge in [-0.3, -0.25) is 4.79 Å². The molecular weight excluding hydrogens is 396 g/mol. The number of aliphatic imine (C=N–C) groups is 1. The van der Waals surface area contributed by atoms with Gasteiger partial charge in [0.1, 0.15) is 18.2 Å². The van der Waals surface area contributed by atoms with Gasteiger partial charge in [0, 0.05) is 12.7 Å². The van der Waals surface area contributed by atoms with Gasteiger partial charge in [-0.05, 0) is 47.9 Å². The van der Waals surface area contributed by atoms with E-state index in [1.54, 1.807) is 32.4 Å². The molecule has 1 amide bonds. The topological polar surface area (TPSA) is 118 Å². The Labute approximate surface area is 182 Å². The Balaban J connectivity index is 2.79. The van der Waals surface area contributed by atoms with Crippen LogP contribution in [0.25, 0.3) is 0 Å². The zero-order chi connectivity index (χ0) is 23.0. The Bertz CT molecular complexity index is 961. The van der Waals surface area contributed by atoms with Gasteiger partial charge in [0.15, 0.2) is 0 Å². The van der Waals surface area contributed by atoms with Gasteiger partial charge in [-0.2, -0.15) is 0 Å². The van der Waals surface area contributed by atoms with Crippen LogP contribution in [0, 0.1) is 0 Å². The third-order valence-electron chi connectivity index (χ3n) is 4.66. The third-order valence-corrected chi connectivity index (χ3v) is 4.66. The fourth-order valence-electron chi connectivity index (χ4n) is 3.05. The molecular formula is C23H30N4O4. The Hall–Kier alpha value is -3.52. The maximum atomic E-state index is 12.1. The van der Waals surface area contributed by atoms with Gasteiger partial charge in [-0.25, -0.2) is 4.99 Å². The molecule has 8 nitrogen and oxygen atoms in total.